The molecule has 0 unspecified atom stereocenters. The van der Waals surface area contributed by atoms with Gasteiger partial charge in [0.15, 0.2) is 0 Å². The SMILES string of the molecule is COC(=O)c1c(N)cccc1CN1CCN(C(C)C)CC1. The molecule has 1 aliphatic rings. The number of esters is 1. The smallest absolute Gasteiger partial charge is 0.340 e. The summed E-state index contributed by atoms with van der Waals surface area (Å²) < 4.78 is 4.85. The van der Waals surface area contributed by atoms with E-state index in [-0.39, 0.29) is 5.97 Å². The zero-order chi connectivity index (χ0) is 15.4. The van der Waals surface area contributed by atoms with Gasteiger partial charge < -0.3 is 10.5 Å². The van der Waals surface area contributed by atoms with Gasteiger partial charge in [-0.25, -0.2) is 4.79 Å². The predicted octanol–water partition coefficient (Wildman–Crippen LogP) is 1.58. The van der Waals surface area contributed by atoms with Gasteiger partial charge in [0.1, 0.15) is 0 Å². The predicted molar refractivity (Wildman–Crippen MR) is 84.2 cm³/mol. The Kier molecular flexibility index (Phi) is 5.20. The zero-order valence-electron chi connectivity index (χ0n) is 13.1. The number of rotatable bonds is 4. The van der Waals surface area contributed by atoms with E-state index in [0.717, 1.165) is 38.3 Å². The highest BCUT2D eigenvalue weighted by molar-refractivity contribution is 5.96. The van der Waals surface area contributed by atoms with Gasteiger partial charge in [0, 0.05) is 44.5 Å². The highest BCUT2D eigenvalue weighted by Gasteiger charge is 2.21. The minimum atomic E-state index is -0.357. The van der Waals surface area contributed by atoms with Crippen molar-refractivity contribution in [1.82, 2.24) is 9.80 Å². The molecular formula is C16H25N3O2. The second kappa shape index (κ2) is 6.91. The summed E-state index contributed by atoms with van der Waals surface area (Å²) in [4.78, 5) is 16.7. The van der Waals surface area contributed by atoms with Crippen molar-refractivity contribution in [2.45, 2.75) is 26.4 Å². The minimum absolute atomic E-state index is 0.357. The van der Waals surface area contributed by atoms with E-state index in [9.17, 15) is 4.79 Å². The first kappa shape index (κ1) is 15.8. The number of carbonyl (C=O) groups excluding carboxylic acids is 1. The number of carbonyl (C=O) groups is 1. The van der Waals surface area contributed by atoms with Gasteiger partial charge in [0.2, 0.25) is 0 Å². The van der Waals surface area contributed by atoms with Crippen molar-refractivity contribution in [1.29, 1.82) is 0 Å². The van der Waals surface area contributed by atoms with Gasteiger partial charge in [-0.05, 0) is 25.5 Å². The molecule has 0 amide bonds. The number of hydrogen-bond donors (Lipinski definition) is 1. The Balaban J connectivity index is 2.07. The van der Waals surface area contributed by atoms with Gasteiger partial charge >= 0.3 is 5.97 Å². The molecule has 21 heavy (non-hydrogen) atoms. The van der Waals surface area contributed by atoms with Gasteiger partial charge in [-0.1, -0.05) is 12.1 Å². The quantitative estimate of drug-likeness (QED) is 0.674. The van der Waals surface area contributed by atoms with Gasteiger partial charge in [-0.15, -0.1) is 0 Å². The van der Waals surface area contributed by atoms with Crippen LogP contribution in [0.1, 0.15) is 29.8 Å². The summed E-state index contributed by atoms with van der Waals surface area (Å²) in [5, 5.41) is 0. The third-order valence-corrected chi connectivity index (χ3v) is 4.10. The Morgan fingerprint density at radius 3 is 2.52 bits per heavy atom. The summed E-state index contributed by atoms with van der Waals surface area (Å²) in [7, 11) is 1.39. The molecule has 5 nitrogen and oxygen atoms in total. The average Bonchev–Trinajstić information content (AvgIpc) is 2.47. The Labute approximate surface area is 126 Å². The van der Waals surface area contributed by atoms with Crippen molar-refractivity contribution in [3.05, 3.63) is 29.3 Å². The maximum Gasteiger partial charge on any atom is 0.340 e. The Bertz CT molecular complexity index is 494. The maximum atomic E-state index is 11.9. The molecule has 1 aliphatic heterocycles. The monoisotopic (exact) mass is 291 g/mol. The molecule has 0 aromatic heterocycles. The van der Waals surface area contributed by atoms with E-state index in [2.05, 4.69) is 23.6 Å². The third-order valence-electron chi connectivity index (χ3n) is 4.10. The first-order valence-corrected chi connectivity index (χ1v) is 7.45. The van der Waals surface area contributed by atoms with Crippen LogP contribution in [0.25, 0.3) is 0 Å². The summed E-state index contributed by atoms with van der Waals surface area (Å²) in [6.07, 6.45) is 0. The molecule has 116 valence electrons. The summed E-state index contributed by atoms with van der Waals surface area (Å²) >= 11 is 0. The average molecular weight is 291 g/mol. The van der Waals surface area contributed by atoms with Gasteiger partial charge in [0.25, 0.3) is 0 Å². The second-order valence-corrected chi connectivity index (χ2v) is 5.78. The van der Waals surface area contributed by atoms with Crippen LogP contribution in [-0.2, 0) is 11.3 Å². The van der Waals surface area contributed by atoms with Crippen molar-refractivity contribution in [3.63, 3.8) is 0 Å². The van der Waals surface area contributed by atoms with E-state index in [1.807, 2.05) is 12.1 Å². The third kappa shape index (κ3) is 3.74. The van der Waals surface area contributed by atoms with Crippen LogP contribution in [0.3, 0.4) is 0 Å². The highest BCUT2D eigenvalue weighted by Crippen LogP contribution is 2.20. The Morgan fingerprint density at radius 1 is 1.29 bits per heavy atom. The lowest BCUT2D eigenvalue weighted by Crippen LogP contribution is -2.48. The number of nitrogens with two attached hydrogens (primary N) is 1. The fourth-order valence-electron chi connectivity index (χ4n) is 2.78. The topological polar surface area (TPSA) is 58.8 Å². The number of nitrogens with zero attached hydrogens (tertiary/aromatic N) is 2. The van der Waals surface area contributed by atoms with E-state index >= 15 is 0 Å². The first-order chi connectivity index (χ1) is 10.0. The molecular weight excluding hydrogens is 266 g/mol. The van der Waals surface area contributed by atoms with E-state index in [4.69, 9.17) is 10.5 Å². The van der Waals surface area contributed by atoms with E-state index < -0.39 is 0 Å². The van der Waals surface area contributed by atoms with E-state index in [1.54, 1.807) is 6.07 Å². The van der Waals surface area contributed by atoms with Crippen molar-refractivity contribution in [2.75, 3.05) is 39.0 Å². The zero-order valence-corrected chi connectivity index (χ0v) is 13.1. The Morgan fingerprint density at radius 2 is 1.95 bits per heavy atom. The summed E-state index contributed by atoms with van der Waals surface area (Å²) in [5.74, 6) is -0.357. The van der Waals surface area contributed by atoms with Crippen LogP contribution < -0.4 is 5.73 Å². The van der Waals surface area contributed by atoms with Crippen molar-refractivity contribution in [3.8, 4) is 0 Å². The van der Waals surface area contributed by atoms with Gasteiger partial charge in [0.05, 0.1) is 12.7 Å². The molecule has 0 spiro atoms. The minimum Gasteiger partial charge on any atom is -0.465 e. The molecule has 0 aliphatic carbocycles. The maximum absolute atomic E-state index is 11.9. The van der Waals surface area contributed by atoms with Crippen LogP contribution in [0.2, 0.25) is 0 Å². The number of nitrogen functional groups attached to an aromatic ring is 1. The standard InChI is InChI=1S/C16H25N3O2/c1-12(2)19-9-7-18(8-10-19)11-13-5-4-6-14(17)15(13)16(20)21-3/h4-6,12H,7-11,17H2,1-3H3. The lowest BCUT2D eigenvalue weighted by Gasteiger charge is -2.37. The molecule has 2 rings (SSSR count). The van der Waals surface area contributed by atoms with Crippen LogP contribution in [0.4, 0.5) is 5.69 Å². The Hall–Kier alpha value is -1.59. The molecule has 1 heterocycles. The number of hydrogen-bond acceptors (Lipinski definition) is 5. The van der Waals surface area contributed by atoms with E-state index in [1.165, 1.54) is 7.11 Å². The van der Waals surface area contributed by atoms with Crippen LogP contribution >= 0.6 is 0 Å². The molecule has 0 bridgehead atoms. The van der Waals surface area contributed by atoms with Crippen molar-refractivity contribution < 1.29 is 9.53 Å². The fraction of sp³-hybridized carbons (Fsp3) is 0.562. The molecule has 1 aromatic rings. The molecule has 0 radical (unpaired) electrons. The summed E-state index contributed by atoms with van der Waals surface area (Å²) in [6.45, 7) is 9.33. The molecule has 0 atom stereocenters. The van der Waals surface area contributed by atoms with Gasteiger partial charge in [-0.2, -0.15) is 0 Å². The lowest BCUT2D eigenvalue weighted by atomic mass is 10.0. The van der Waals surface area contributed by atoms with Crippen molar-refractivity contribution in [2.24, 2.45) is 0 Å². The molecule has 2 N–H and O–H groups in total. The highest BCUT2D eigenvalue weighted by atomic mass is 16.5. The number of anilines is 1. The van der Waals surface area contributed by atoms with E-state index in [0.29, 0.717) is 17.3 Å². The number of benzene rings is 1. The molecule has 5 heteroatoms. The first-order valence-electron chi connectivity index (χ1n) is 7.45. The number of piperazine rings is 1. The summed E-state index contributed by atoms with van der Waals surface area (Å²) in [5.41, 5.74) is 7.87. The largest absolute Gasteiger partial charge is 0.465 e. The number of methoxy groups -OCH3 is 1. The lowest BCUT2D eigenvalue weighted by molar-refractivity contribution is 0.0597. The van der Waals surface area contributed by atoms with Crippen LogP contribution in [-0.4, -0.2) is 55.1 Å². The van der Waals surface area contributed by atoms with Crippen LogP contribution in [0.5, 0.6) is 0 Å². The van der Waals surface area contributed by atoms with Gasteiger partial charge in [-0.3, -0.25) is 9.80 Å². The molecule has 1 aromatic carbocycles. The molecule has 0 saturated carbocycles. The number of ether oxygens (including phenoxy) is 1. The van der Waals surface area contributed by atoms with Crippen molar-refractivity contribution >= 4 is 11.7 Å². The summed E-state index contributed by atoms with van der Waals surface area (Å²) in [6, 6.07) is 6.18. The fourth-order valence-corrected chi connectivity index (χ4v) is 2.78. The molecule has 1 fully saturated rings. The second-order valence-electron chi connectivity index (χ2n) is 5.78. The van der Waals surface area contributed by atoms with Crippen LogP contribution in [0.15, 0.2) is 18.2 Å². The normalized spacial score (nSPS) is 17.1. The van der Waals surface area contributed by atoms with Crippen LogP contribution in [0, 0.1) is 0 Å². The molecule has 1 saturated heterocycles.